The lowest BCUT2D eigenvalue weighted by molar-refractivity contribution is -0.277. The molecule has 2 rings (SSSR count). The van der Waals surface area contributed by atoms with Crippen LogP contribution >= 0.6 is 0 Å². The van der Waals surface area contributed by atoms with E-state index in [1.807, 2.05) is 6.07 Å². The SMILES string of the molecule is COc1ccc(CC#N)cc1OC1OC(CO)C(O)C(O)C1O. The molecule has 1 aromatic rings. The van der Waals surface area contributed by atoms with E-state index in [4.69, 9.17) is 19.5 Å². The minimum atomic E-state index is -1.53. The van der Waals surface area contributed by atoms with Gasteiger partial charge in [0.25, 0.3) is 0 Å². The molecule has 0 radical (unpaired) electrons. The number of hydrogen-bond donors (Lipinski definition) is 4. The van der Waals surface area contributed by atoms with E-state index in [0.717, 1.165) is 0 Å². The Morgan fingerprint density at radius 2 is 1.91 bits per heavy atom. The molecule has 0 amide bonds. The van der Waals surface area contributed by atoms with Crippen molar-refractivity contribution in [2.75, 3.05) is 13.7 Å². The van der Waals surface area contributed by atoms with Crippen LogP contribution in [0, 0.1) is 11.3 Å². The van der Waals surface area contributed by atoms with Crippen LogP contribution in [0.5, 0.6) is 11.5 Å². The van der Waals surface area contributed by atoms with Crippen LogP contribution in [0.3, 0.4) is 0 Å². The van der Waals surface area contributed by atoms with E-state index in [2.05, 4.69) is 0 Å². The van der Waals surface area contributed by atoms with Gasteiger partial charge in [0.2, 0.25) is 6.29 Å². The number of nitriles is 1. The largest absolute Gasteiger partial charge is 0.493 e. The molecule has 8 heteroatoms. The number of ether oxygens (including phenoxy) is 3. The maximum atomic E-state index is 9.98. The lowest BCUT2D eigenvalue weighted by atomic mass is 9.99. The van der Waals surface area contributed by atoms with E-state index in [9.17, 15) is 20.4 Å². The summed E-state index contributed by atoms with van der Waals surface area (Å²) in [5.41, 5.74) is 0.674. The monoisotopic (exact) mass is 325 g/mol. The van der Waals surface area contributed by atoms with Crippen molar-refractivity contribution in [1.82, 2.24) is 0 Å². The number of nitrogens with zero attached hydrogens (tertiary/aromatic N) is 1. The molecule has 5 unspecified atom stereocenters. The molecular weight excluding hydrogens is 306 g/mol. The van der Waals surface area contributed by atoms with E-state index < -0.39 is 37.3 Å². The molecule has 126 valence electrons. The van der Waals surface area contributed by atoms with Gasteiger partial charge in [0.05, 0.1) is 26.2 Å². The van der Waals surface area contributed by atoms with Gasteiger partial charge in [0.15, 0.2) is 11.5 Å². The van der Waals surface area contributed by atoms with Crippen molar-refractivity contribution < 1.29 is 34.6 Å². The molecule has 1 heterocycles. The molecule has 1 fully saturated rings. The summed E-state index contributed by atoms with van der Waals surface area (Å²) in [4.78, 5) is 0. The average Bonchev–Trinajstić information content (AvgIpc) is 2.56. The lowest BCUT2D eigenvalue weighted by Gasteiger charge is -2.39. The van der Waals surface area contributed by atoms with Gasteiger partial charge in [-0.3, -0.25) is 0 Å². The Kier molecular flexibility index (Phi) is 5.76. The molecule has 0 bridgehead atoms. The van der Waals surface area contributed by atoms with Gasteiger partial charge in [-0.15, -0.1) is 0 Å². The molecule has 0 spiro atoms. The predicted octanol–water partition coefficient (Wildman–Crippen LogP) is -1.06. The molecule has 1 aliphatic rings. The van der Waals surface area contributed by atoms with Crippen molar-refractivity contribution in [2.45, 2.75) is 37.1 Å². The lowest BCUT2D eigenvalue weighted by Crippen LogP contribution is -2.60. The highest BCUT2D eigenvalue weighted by molar-refractivity contribution is 5.43. The van der Waals surface area contributed by atoms with Crippen molar-refractivity contribution in [3.63, 3.8) is 0 Å². The Morgan fingerprint density at radius 1 is 1.17 bits per heavy atom. The summed E-state index contributed by atoms with van der Waals surface area (Å²) in [6.07, 6.45) is -6.71. The number of aliphatic hydroxyl groups is 4. The normalized spacial score (nSPS) is 30.5. The Balaban J connectivity index is 2.23. The van der Waals surface area contributed by atoms with Crippen LogP contribution in [0.1, 0.15) is 5.56 Å². The maximum Gasteiger partial charge on any atom is 0.229 e. The van der Waals surface area contributed by atoms with Gasteiger partial charge in [-0.1, -0.05) is 6.07 Å². The summed E-state index contributed by atoms with van der Waals surface area (Å²) >= 11 is 0. The van der Waals surface area contributed by atoms with Crippen LogP contribution in [-0.4, -0.2) is 64.8 Å². The summed E-state index contributed by atoms with van der Waals surface area (Å²) in [6.45, 7) is -0.545. The zero-order valence-electron chi connectivity index (χ0n) is 12.5. The van der Waals surface area contributed by atoms with Crippen LogP contribution in [-0.2, 0) is 11.2 Å². The van der Waals surface area contributed by atoms with Gasteiger partial charge >= 0.3 is 0 Å². The topological polar surface area (TPSA) is 132 Å². The van der Waals surface area contributed by atoms with Gasteiger partial charge in [-0.2, -0.15) is 5.26 Å². The number of rotatable bonds is 5. The van der Waals surface area contributed by atoms with Gasteiger partial charge in [0.1, 0.15) is 24.4 Å². The zero-order valence-corrected chi connectivity index (χ0v) is 12.5. The van der Waals surface area contributed by atoms with Crippen molar-refractivity contribution >= 4 is 0 Å². The van der Waals surface area contributed by atoms with E-state index >= 15 is 0 Å². The fraction of sp³-hybridized carbons (Fsp3) is 0.533. The average molecular weight is 325 g/mol. The smallest absolute Gasteiger partial charge is 0.229 e. The highest BCUT2D eigenvalue weighted by Crippen LogP contribution is 2.32. The summed E-state index contributed by atoms with van der Waals surface area (Å²) in [7, 11) is 1.43. The number of hydrogen-bond acceptors (Lipinski definition) is 8. The Bertz CT molecular complexity index is 571. The highest BCUT2D eigenvalue weighted by Gasteiger charge is 2.44. The zero-order chi connectivity index (χ0) is 17.0. The second-order valence-electron chi connectivity index (χ2n) is 5.14. The maximum absolute atomic E-state index is 9.98. The second-order valence-corrected chi connectivity index (χ2v) is 5.14. The molecule has 1 saturated heterocycles. The predicted molar refractivity (Wildman–Crippen MR) is 76.7 cm³/mol. The molecule has 23 heavy (non-hydrogen) atoms. The first kappa shape index (κ1) is 17.5. The van der Waals surface area contributed by atoms with Gasteiger partial charge in [-0.25, -0.2) is 0 Å². The standard InChI is InChI=1S/C15H19NO7/c1-21-9-3-2-8(4-5-16)6-10(9)22-15-14(20)13(19)12(18)11(7-17)23-15/h2-3,6,11-15,17-20H,4,7H2,1H3. The van der Waals surface area contributed by atoms with Gasteiger partial charge in [0, 0.05) is 0 Å². The summed E-state index contributed by atoms with van der Waals surface area (Å²) in [5.74, 6) is 0.563. The fourth-order valence-electron chi connectivity index (χ4n) is 2.30. The van der Waals surface area contributed by atoms with E-state index in [0.29, 0.717) is 11.3 Å². The van der Waals surface area contributed by atoms with Gasteiger partial charge < -0.3 is 34.6 Å². The third kappa shape index (κ3) is 3.72. The molecule has 8 nitrogen and oxygen atoms in total. The highest BCUT2D eigenvalue weighted by atomic mass is 16.7. The molecule has 5 atom stereocenters. The summed E-state index contributed by atoms with van der Waals surface area (Å²) in [5, 5.41) is 47.4. The third-order valence-corrected chi connectivity index (χ3v) is 3.60. The molecular formula is C15H19NO7. The summed E-state index contributed by atoms with van der Waals surface area (Å²) in [6, 6.07) is 6.87. The van der Waals surface area contributed by atoms with Crippen LogP contribution in [0.25, 0.3) is 0 Å². The first-order valence-electron chi connectivity index (χ1n) is 7.02. The second kappa shape index (κ2) is 7.59. The van der Waals surface area contributed by atoms with Crippen molar-refractivity contribution in [1.29, 1.82) is 5.26 Å². The van der Waals surface area contributed by atoms with E-state index in [1.54, 1.807) is 18.2 Å². The number of benzene rings is 1. The van der Waals surface area contributed by atoms with E-state index in [1.165, 1.54) is 7.11 Å². The molecule has 4 N–H and O–H groups in total. The van der Waals surface area contributed by atoms with Crippen LogP contribution in [0.4, 0.5) is 0 Å². The number of methoxy groups -OCH3 is 1. The Hall–Kier alpha value is -1.89. The molecule has 1 aromatic carbocycles. The van der Waals surface area contributed by atoms with E-state index in [-0.39, 0.29) is 12.2 Å². The fourth-order valence-corrected chi connectivity index (χ4v) is 2.30. The molecule has 0 saturated carbocycles. The van der Waals surface area contributed by atoms with Crippen molar-refractivity contribution in [3.8, 4) is 17.6 Å². The quantitative estimate of drug-likeness (QED) is 0.538. The summed E-state index contributed by atoms with van der Waals surface area (Å²) < 4.78 is 16.0. The minimum Gasteiger partial charge on any atom is -0.493 e. The first-order chi connectivity index (χ1) is 11.0. The Labute approximate surface area is 133 Å². The Morgan fingerprint density at radius 3 is 2.52 bits per heavy atom. The first-order valence-corrected chi connectivity index (χ1v) is 7.02. The van der Waals surface area contributed by atoms with Crippen LogP contribution in [0.2, 0.25) is 0 Å². The third-order valence-electron chi connectivity index (χ3n) is 3.60. The molecule has 0 aliphatic carbocycles. The minimum absolute atomic E-state index is 0.162. The van der Waals surface area contributed by atoms with Crippen molar-refractivity contribution in [3.05, 3.63) is 23.8 Å². The van der Waals surface area contributed by atoms with Crippen LogP contribution < -0.4 is 9.47 Å². The van der Waals surface area contributed by atoms with Crippen molar-refractivity contribution in [2.24, 2.45) is 0 Å². The number of aliphatic hydroxyl groups excluding tert-OH is 4. The van der Waals surface area contributed by atoms with Gasteiger partial charge in [-0.05, 0) is 17.7 Å². The molecule has 0 aromatic heterocycles. The molecule has 1 aliphatic heterocycles. The van der Waals surface area contributed by atoms with Crippen LogP contribution in [0.15, 0.2) is 18.2 Å².